The summed E-state index contributed by atoms with van der Waals surface area (Å²) in [5.41, 5.74) is 1.86. The monoisotopic (exact) mass is 395 g/mol. The minimum atomic E-state index is -1.19. The first-order valence-corrected chi connectivity index (χ1v) is 9.83. The Hall–Kier alpha value is -3.09. The lowest BCUT2D eigenvalue weighted by Gasteiger charge is -2.31. The molecule has 0 aliphatic carbocycles. The smallest absolute Gasteiger partial charge is 0.356 e. The number of hydrogen-bond donors (Lipinski definition) is 1. The van der Waals surface area contributed by atoms with Crippen LogP contribution in [0.2, 0.25) is 0 Å². The zero-order valence-electron chi connectivity index (χ0n) is 16.7. The second-order valence-corrected chi connectivity index (χ2v) is 7.82. The highest BCUT2D eigenvalue weighted by atomic mass is 16.4. The molecule has 1 N–H and O–H groups in total. The van der Waals surface area contributed by atoms with Crippen LogP contribution in [0, 0.1) is 11.8 Å². The van der Waals surface area contributed by atoms with Gasteiger partial charge >= 0.3 is 5.97 Å². The quantitative estimate of drug-likeness (QED) is 0.755. The van der Waals surface area contributed by atoms with E-state index in [-0.39, 0.29) is 29.0 Å². The Morgan fingerprint density at radius 2 is 1.62 bits per heavy atom. The fraction of sp³-hybridized carbons (Fsp3) is 0.409. The van der Waals surface area contributed by atoms with Crippen molar-refractivity contribution in [3.63, 3.8) is 0 Å². The van der Waals surface area contributed by atoms with E-state index in [1.54, 1.807) is 4.90 Å². The molecule has 1 aliphatic heterocycles. The number of aromatic carboxylic acids is 1. The van der Waals surface area contributed by atoms with E-state index in [0.29, 0.717) is 31.8 Å². The number of rotatable bonds is 6. The topological polar surface area (TPSA) is 100 Å². The Morgan fingerprint density at radius 1 is 1.03 bits per heavy atom. The zero-order valence-corrected chi connectivity index (χ0v) is 16.7. The van der Waals surface area contributed by atoms with Crippen molar-refractivity contribution in [1.82, 2.24) is 14.9 Å². The number of ketones is 1. The standard InChI is InChI=1S/C22H25N3O4/c1-14(2)11-15-3-5-16(6-4-15)20(26)17-7-9-25(10-8-17)21(27)18-12-24-19(13-23-18)22(28)29/h3-6,12-14,17H,7-11H2,1-2H3,(H,28,29). The SMILES string of the molecule is CC(C)Cc1ccc(C(=O)C2CCN(C(=O)c3cnc(C(=O)O)cn3)CC2)cc1. The molecule has 1 aromatic carbocycles. The molecular formula is C22H25N3O4. The average molecular weight is 395 g/mol. The van der Waals surface area contributed by atoms with E-state index >= 15 is 0 Å². The van der Waals surface area contributed by atoms with Gasteiger partial charge in [0, 0.05) is 24.6 Å². The fourth-order valence-corrected chi connectivity index (χ4v) is 3.57. The van der Waals surface area contributed by atoms with Crippen LogP contribution < -0.4 is 0 Å². The van der Waals surface area contributed by atoms with Gasteiger partial charge < -0.3 is 10.0 Å². The summed E-state index contributed by atoms with van der Waals surface area (Å²) in [4.78, 5) is 45.5. The lowest BCUT2D eigenvalue weighted by Crippen LogP contribution is -2.40. The van der Waals surface area contributed by atoms with Crippen LogP contribution in [0.4, 0.5) is 0 Å². The first-order valence-electron chi connectivity index (χ1n) is 9.83. The van der Waals surface area contributed by atoms with Crippen LogP contribution in [-0.2, 0) is 6.42 Å². The van der Waals surface area contributed by atoms with Crippen molar-refractivity contribution in [2.24, 2.45) is 11.8 Å². The van der Waals surface area contributed by atoms with Crippen molar-refractivity contribution >= 4 is 17.7 Å². The Morgan fingerprint density at radius 3 is 2.14 bits per heavy atom. The van der Waals surface area contributed by atoms with Crippen LogP contribution in [0.3, 0.4) is 0 Å². The molecule has 7 heteroatoms. The van der Waals surface area contributed by atoms with Crippen LogP contribution >= 0.6 is 0 Å². The van der Waals surface area contributed by atoms with Crippen LogP contribution in [-0.4, -0.2) is 50.7 Å². The number of carbonyl (C=O) groups excluding carboxylic acids is 2. The third-order valence-corrected chi connectivity index (χ3v) is 5.13. The third-order valence-electron chi connectivity index (χ3n) is 5.13. The Balaban J connectivity index is 1.57. The van der Waals surface area contributed by atoms with E-state index in [9.17, 15) is 14.4 Å². The van der Waals surface area contributed by atoms with Crippen molar-refractivity contribution < 1.29 is 19.5 Å². The van der Waals surface area contributed by atoms with Gasteiger partial charge in [-0.3, -0.25) is 9.59 Å². The number of aromatic nitrogens is 2. The highest BCUT2D eigenvalue weighted by Gasteiger charge is 2.29. The van der Waals surface area contributed by atoms with E-state index in [1.165, 1.54) is 11.8 Å². The summed E-state index contributed by atoms with van der Waals surface area (Å²) in [7, 11) is 0. The normalized spacial score (nSPS) is 14.8. The minimum absolute atomic E-state index is 0.101. The third kappa shape index (κ3) is 5.04. The number of carbonyl (C=O) groups is 3. The maximum absolute atomic E-state index is 12.8. The lowest BCUT2D eigenvalue weighted by atomic mass is 9.88. The summed E-state index contributed by atoms with van der Waals surface area (Å²) in [6, 6.07) is 7.84. The van der Waals surface area contributed by atoms with Gasteiger partial charge in [-0.1, -0.05) is 38.1 Å². The summed E-state index contributed by atoms with van der Waals surface area (Å²) in [6.45, 7) is 5.26. The van der Waals surface area contributed by atoms with E-state index in [0.717, 1.165) is 18.2 Å². The van der Waals surface area contributed by atoms with Gasteiger partial charge in [-0.25, -0.2) is 14.8 Å². The molecule has 152 valence electrons. The van der Waals surface area contributed by atoms with Gasteiger partial charge in [0.1, 0.15) is 5.69 Å². The van der Waals surface area contributed by atoms with Crippen molar-refractivity contribution in [2.45, 2.75) is 33.1 Å². The minimum Gasteiger partial charge on any atom is -0.476 e. The molecule has 0 unspecified atom stereocenters. The van der Waals surface area contributed by atoms with E-state index in [4.69, 9.17) is 5.11 Å². The zero-order chi connectivity index (χ0) is 21.0. The molecular weight excluding hydrogens is 370 g/mol. The molecule has 1 aromatic heterocycles. The first-order chi connectivity index (χ1) is 13.8. The van der Waals surface area contributed by atoms with Crippen molar-refractivity contribution in [3.05, 3.63) is 59.2 Å². The number of benzene rings is 1. The second kappa shape index (κ2) is 8.94. The van der Waals surface area contributed by atoms with E-state index in [2.05, 4.69) is 23.8 Å². The highest BCUT2D eigenvalue weighted by Crippen LogP contribution is 2.23. The van der Waals surface area contributed by atoms with Crippen molar-refractivity contribution in [3.8, 4) is 0 Å². The van der Waals surface area contributed by atoms with E-state index < -0.39 is 5.97 Å². The molecule has 3 rings (SSSR count). The highest BCUT2D eigenvalue weighted by molar-refractivity contribution is 5.98. The van der Waals surface area contributed by atoms with Crippen LogP contribution in [0.25, 0.3) is 0 Å². The van der Waals surface area contributed by atoms with Crippen LogP contribution in [0.15, 0.2) is 36.7 Å². The van der Waals surface area contributed by atoms with Gasteiger partial charge in [0.15, 0.2) is 11.5 Å². The molecule has 1 saturated heterocycles. The summed E-state index contributed by atoms with van der Waals surface area (Å²) in [6.07, 6.45) is 4.44. The maximum Gasteiger partial charge on any atom is 0.356 e. The van der Waals surface area contributed by atoms with Crippen molar-refractivity contribution in [1.29, 1.82) is 0 Å². The molecule has 29 heavy (non-hydrogen) atoms. The number of amides is 1. The average Bonchev–Trinajstić information content (AvgIpc) is 2.73. The molecule has 0 radical (unpaired) electrons. The van der Waals surface area contributed by atoms with Crippen molar-refractivity contribution in [2.75, 3.05) is 13.1 Å². The summed E-state index contributed by atoms with van der Waals surface area (Å²) < 4.78 is 0. The summed E-state index contributed by atoms with van der Waals surface area (Å²) in [5.74, 6) is -0.885. The van der Waals surface area contributed by atoms with Crippen LogP contribution in [0.1, 0.15) is 63.6 Å². The Labute approximate surface area is 169 Å². The van der Waals surface area contributed by atoms with Gasteiger partial charge in [-0.2, -0.15) is 0 Å². The molecule has 2 aromatic rings. The van der Waals surface area contributed by atoms with Gasteiger partial charge in [-0.15, -0.1) is 0 Å². The number of carboxylic acids is 1. The molecule has 2 heterocycles. The molecule has 1 amide bonds. The largest absolute Gasteiger partial charge is 0.476 e. The lowest BCUT2D eigenvalue weighted by molar-refractivity contribution is 0.0642. The predicted molar refractivity (Wildman–Crippen MR) is 107 cm³/mol. The summed E-state index contributed by atoms with van der Waals surface area (Å²) in [5, 5.41) is 8.86. The van der Waals surface area contributed by atoms with Crippen LogP contribution in [0.5, 0.6) is 0 Å². The molecule has 1 aliphatic rings. The maximum atomic E-state index is 12.8. The Kier molecular flexibility index (Phi) is 6.36. The number of piperidine rings is 1. The molecule has 0 atom stereocenters. The molecule has 0 spiro atoms. The number of hydrogen-bond acceptors (Lipinski definition) is 5. The van der Waals surface area contributed by atoms with Gasteiger partial charge in [0.2, 0.25) is 0 Å². The number of nitrogens with zero attached hydrogens (tertiary/aromatic N) is 3. The molecule has 1 fully saturated rings. The Bertz CT molecular complexity index is 883. The molecule has 0 bridgehead atoms. The van der Waals surface area contributed by atoms with Gasteiger partial charge in [0.25, 0.3) is 5.91 Å². The second-order valence-electron chi connectivity index (χ2n) is 7.82. The predicted octanol–water partition coefficient (Wildman–Crippen LogP) is 3.11. The number of likely N-dealkylation sites (tertiary alicyclic amines) is 1. The molecule has 0 saturated carbocycles. The number of carboxylic acid groups (broad SMARTS) is 1. The van der Waals surface area contributed by atoms with Gasteiger partial charge in [0.05, 0.1) is 12.4 Å². The number of Topliss-reactive ketones (excluding diaryl/α,β-unsaturated/α-hetero) is 1. The fourth-order valence-electron chi connectivity index (χ4n) is 3.57. The first kappa shape index (κ1) is 20.6. The van der Waals surface area contributed by atoms with Gasteiger partial charge in [-0.05, 0) is 30.7 Å². The van der Waals surface area contributed by atoms with E-state index in [1.807, 2.05) is 24.3 Å². The molecule has 7 nitrogen and oxygen atoms in total. The summed E-state index contributed by atoms with van der Waals surface area (Å²) >= 11 is 0.